The number of benzene rings is 1. The Morgan fingerprint density at radius 3 is 2.71 bits per heavy atom. The number of nitriles is 1. The van der Waals surface area contributed by atoms with Crippen LogP contribution in [0, 0.1) is 16.7 Å². The van der Waals surface area contributed by atoms with Gasteiger partial charge in [0.1, 0.15) is 11.5 Å². The molecule has 0 amide bonds. The van der Waals surface area contributed by atoms with Gasteiger partial charge in [0, 0.05) is 12.1 Å². The summed E-state index contributed by atoms with van der Waals surface area (Å²) < 4.78 is 11.1. The van der Waals surface area contributed by atoms with E-state index >= 15 is 0 Å². The monoisotopic (exact) mass is 290 g/mol. The molecule has 0 saturated carbocycles. The van der Waals surface area contributed by atoms with Gasteiger partial charge in [0.2, 0.25) is 0 Å². The van der Waals surface area contributed by atoms with E-state index in [4.69, 9.17) is 14.7 Å². The van der Waals surface area contributed by atoms with Gasteiger partial charge in [-0.15, -0.1) is 0 Å². The van der Waals surface area contributed by atoms with E-state index in [0.29, 0.717) is 13.0 Å². The van der Waals surface area contributed by atoms with E-state index in [0.717, 1.165) is 36.6 Å². The van der Waals surface area contributed by atoms with Crippen LogP contribution in [0.2, 0.25) is 0 Å². The molecule has 0 fully saturated rings. The van der Waals surface area contributed by atoms with Crippen molar-refractivity contribution < 1.29 is 9.47 Å². The molecule has 21 heavy (non-hydrogen) atoms. The molecule has 0 bridgehead atoms. The first-order valence-electron chi connectivity index (χ1n) is 7.44. The third-order valence-corrected chi connectivity index (χ3v) is 3.30. The van der Waals surface area contributed by atoms with Crippen LogP contribution in [0.25, 0.3) is 0 Å². The van der Waals surface area contributed by atoms with Crippen molar-refractivity contribution in [3.05, 3.63) is 23.8 Å². The van der Waals surface area contributed by atoms with E-state index < -0.39 is 0 Å². The van der Waals surface area contributed by atoms with Crippen molar-refractivity contribution in [1.29, 1.82) is 5.26 Å². The molecule has 0 aromatic heterocycles. The lowest BCUT2D eigenvalue weighted by Crippen LogP contribution is -2.16. The van der Waals surface area contributed by atoms with Gasteiger partial charge in [0.05, 0.1) is 25.2 Å². The van der Waals surface area contributed by atoms with Crippen molar-refractivity contribution >= 4 is 0 Å². The number of hydrogen-bond donors (Lipinski definition) is 1. The molecular weight excluding hydrogens is 264 g/mol. The van der Waals surface area contributed by atoms with Crippen molar-refractivity contribution in [1.82, 2.24) is 5.32 Å². The molecule has 0 aliphatic carbocycles. The maximum Gasteiger partial charge on any atom is 0.124 e. The Balaban J connectivity index is 2.69. The molecule has 0 heterocycles. The molecule has 0 saturated heterocycles. The Labute approximate surface area is 128 Å². The van der Waals surface area contributed by atoms with Crippen molar-refractivity contribution in [3.8, 4) is 17.6 Å². The second-order valence-electron chi connectivity index (χ2n) is 5.74. The topological polar surface area (TPSA) is 54.3 Å². The van der Waals surface area contributed by atoms with E-state index in [-0.39, 0.29) is 5.41 Å². The van der Waals surface area contributed by atoms with Crippen LogP contribution in [0.15, 0.2) is 18.2 Å². The summed E-state index contributed by atoms with van der Waals surface area (Å²) >= 11 is 0. The van der Waals surface area contributed by atoms with Crippen molar-refractivity contribution in [2.75, 3.05) is 20.3 Å². The minimum atomic E-state index is -0.354. The van der Waals surface area contributed by atoms with Gasteiger partial charge < -0.3 is 14.8 Å². The van der Waals surface area contributed by atoms with Crippen LogP contribution in [0.4, 0.5) is 0 Å². The standard InChI is InChI=1S/C17H26N2O2/c1-5-9-19-12-14-11-15(20-4)6-7-16(14)21-10-8-17(2,3)13-18/h6-7,11,19H,5,8-10,12H2,1-4H3. The van der Waals surface area contributed by atoms with Crippen LogP contribution >= 0.6 is 0 Å². The molecule has 0 aliphatic rings. The van der Waals surface area contributed by atoms with Gasteiger partial charge in [0.15, 0.2) is 0 Å². The lowest BCUT2D eigenvalue weighted by molar-refractivity contribution is 0.261. The van der Waals surface area contributed by atoms with Crippen LogP contribution in [-0.4, -0.2) is 20.3 Å². The highest BCUT2D eigenvalue weighted by Gasteiger charge is 2.16. The van der Waals surface area contributed by atoms with Gasteiger partial charge in [0.25, 0.3) is 0 Å². The fourth-order valence-electron chi connectivity index (χ4n) is 1.83. The summed E-state index contributed by atoms with van der Waals surface area (Å²) in [6, 6.07) is 8.11. The molecule has 4 heteroatoms. The Kier molecular flexibility index (Phi) is 7.04. The maximum atomic E-state index is 9.03. The molecule has 1 N–H and O–H groups in total. The Hall–Kier alpha value is -1.73. The van der Waals surface area contributed by atoms with E-state index in [1.54, 1.807) is 7.11 Å². The predicted molar refractivity (Wildman–Crippen MR) is 84.5 cm³/mol. The number of nitrogens with zero attached hydrogens (tertiary/aromatic N) is 1. The van der Waals surface area contributed by atoms with Crippen LogP contribution < -0.4 is 14.8 Å². The molecule has 0 aliphatic heterocycles. The Bertz CT molecular complexity index is 478. The van der Waals surface area contributed by atoms with Crippen LogP contribution in [0.3, 0.4) is 0 Å². The Morgan fingerprint density at radius 1 is 1.33 bits per heavy atom. The first-order chi connectivity index (χ1) is 10.0. The second kappa shape index (κ2) is 8.53. The molecule has 0 spiro atoms. The largest absolute Gasteiger partial charge is 0.497 e. The summed E-state index contributed by atoms with van der Waals surface area (Å²) in [7, 11) is 1.66. The zero-order valence-corrected chi connectivity index (χ0v) is 13.5. The molecule has 1 aromatic rings. The number of methoxy groups -OCH3 is 1. The van der Waals surface area contributed by atoms with Crippen LogP contribution in [0.1, 0.15) is 39.2 Å². The summed E-state index contributed by atoms with van der Waals surface area (Å²) in [5.41, 5.74) is 0.727. The van der Waals surface area contributed by atoms with E-state index in [1.807, 2.05) is 32.0 Å². The molecule has 1 rings (SSSR count). The molecule has 0 radical (unpaired) electrons. The van der Waals surface area contributed by atoms with Gasteiger partial charge in [-0.2, -0.15) is 5.26 Å². The van der Waals surface area contributed by atoms with Crippen LogP contribution in [0.5, 0.6) is 11.5 Å². The van der Waals surface area contributed by atoms with Crippen molar-refractivity contribution in [3.63, 3.8) is 0 Å². The fraction of sp³-hybridized carbons (Fsp3) is 0.588. The maximum absolute atomic E-state index is 9.03. The minimum Gasteiger partial charge on any atom is -0.497 e. The zero-order chi connectivity index (χ0) is 15.7. The van der Waals surface area contributed by atoms with Crippen LogP contribution in [-0.2, 0) is 6.54 Å². The zero-order valence-electron chi connectivity index (χ0n) is 13.5. The number of ether oxygens (including phenoxy) is 2. The van der Waals surface area contributed by atoms with Gasteiger partial charge in [-0.25, -0.2) is 0 Å². The first-order valence-corrected chi connectivity index (χ1v) is 7.44. The second-order valence-corrected chi connectivity index (χ2v) is 5.74. The van der Waals surface area contributed by atoms with Gasteiger partial charge in [-0.05, 0) is 51.4 Å². The third-order valence-electron chi connectivity index (χ3n) is 3.30. The van der Waals surface area contributed by atoms with E-state index in [9.17, 15) is 0 Å². The normalized spacial score (nSPS) is 11.0. The SMILES string of the molecule is CCCNCc1cc(OC)ccc1OCCC(C)(C)C#N. The molecular formula is C17H26N2O2. The average Bonchev–Trinajstić information content (AvgIpc) is 2.48. The van der Waals surface area contributed by atoms with Gasteiger partial charge in [-0.3, -0.25) is 0 Å². The smallest absolute Gasteiger partial charge is 0.124 e. The summed E-state index contributed by atoms with van der Waals surface area (Å²) in [5.74, 6) is 1.68. The third kappa shape index (κ3) is 6.05. The van der Waals surface area contributed by atoms with E-state index in [1.165, 1.54) is 0 Å². The molecule has 116 valence electrons. The summed E-state index contributed by atoms with van der Waals surface area (Å²) in [4.78, 5) is 0. The molecule has 0 atom stereocenters. The lowest BCUT2D eigenvalue weighted by Gasteiger charge is -2.17. The van der Waals surface area contributed by atoms with Crippen molar-refractivity contribution in [2.45, 2.75) is 40.2 Å². The van der Waals surface area contributed by atoms with E-state index in [2.05, 4.69) is 18.3 Å². The lowest BCUT2D eigenvalue weighted by atomic mass is 9.92. The highest BCUT2D eigenvalue weighted by molar-refractivity contribution is 5.40. The highest BCUT2D eigenvalue weighted by atomic mass is 16.5. The fourth-order valence-corrected chi connectivity index (χ4v) is 1.83. The quantitative estimate of drug-likeness (QED) is 0.707. The summed E-state index contributed by atoms with van der Waals surface area (Å²) in [6.45, 7) is 8.25. The average molecular weight is 290 g/mol. The highest BCUT2D eigenvalue weighted by Crippen LogP contribution is 2.26. The molecule has 1 aromatic carbocycles. The summed E-state index contributed by atoms with van der Waals surface area (Å²) in [5, 5.41) is 12.4. The van der Waals surface area contributed by atoms with Gasteiger partial charge in [-0.1, -0.05) is 6.92 Å². The Morgan fingerprint density at radius 2 is 2.10 bits per heavy atom. The molecule has 0 unspecified atom stereocenters. The molecule has 4 nitrogen and oxygen atoms in total. The number of hydrogen-bond acceptors (Lipinski definition) is 4. The summed E-state index contributed by atoms with van der Waals surface area (Å²) in [6.07, 6.45) is 1.80. The first kappa shape index (κ1) is 17.3. The minimum absolute atomic E-state index is 0.354. The van der Waals surface area contributed by atoms with Gasteiger partial charge >= 0.3 is 0 Å². The number of nitrogens with one attached hydrogen (secondary N) is 1. The van der Waals surface area contributed by atoms with Crippen molar-refractivity contribution in [2.24, 2.45) is 5.41 Å². The predicted octanol–water partition coefficient (Wildman–Crippen LogP) is 3.51. The number of rotatable bonds is 9.